The maximum Gasteiger partial charge on any atom is 0.251 e. The highest BCUT2D eigenvalue weighted by atomic mass is 32.2. The number of thioether (sulfide) groups is 1. The number of nitrogen functional groups attached to an aromatic ring is 1. The highest BCUT2D eigenvalue weighted by molar-refractivity contribution is 7.99. The number of anilines is 1. The number of ether oxygens (including phenoxy) is 1. The van der Waals surface area contributed by atoms with Gasteiger partial charge in [-0.15, -0.1) is 0 Å². The first-order chi connectivity index (χ1) is 9.06. The van der Waals surface area contributed by atoms with Crippen molar-refractivity contribution in [1.82, 2.24) is 5.32 Å². The van der Waals surface area contributed by atoms with Crippen molar-refractivity contribution in [2.45, 2.75) is 25.5 Å². The summed E-state index contributed by atoms with van der Waals surface area (Å²) in [6.07, 6.45) is 3.02. The van der Waals surface area contributed by atoms with Gasteiger partial charge in [0.1, 0.15) is 5.75 Å². The Hall–Kier alpha value is -1.36. The maximum atomic E-state index is 12.0. The number of carbonyl (C=O) groups excluding carboxylic acids is 1. The fourth-order valence-corrected chi connectivity index (χ4v) is 1.97. The van der Waals surface area contributed by atoms with Crippen LogP contribution in [0.5, 0.6) is 5.75 Å². The summed E-state index contributed by atoms with van der Waals surface area (Å²) in [5.41, 5.74) is 6.84. The van der Waals surface area contributed by atoms with Crippen molar-refractivity contribution in [1.29, 1.82) is 0 Å². The number of carbonyl (C=O) groups is 1. The van der Waals surface area contributed by atoms with E-state index in [1.165, 1.54) is 0 Å². The predicted octanol–water partition coefficient (Wildman–Crippen LogP) is 2.54. The molecule has 0 bridgehead atoms. The lowest BCUT2D eigenvalue weighted by Crippen LogP contribution is -2.26. The van der Waals surface area contributed by atoms with Gasteiger partial charge in [-0.3, -0.25) is 4.79 Å². The first-order valence-electron chi connectivity index (χ1n) is 6.41. The summed E-state index contributed by atoms with van der Waals surface area (Å²) in [6.45, 7) is 5.26. The second-order valence-corrected chi connectivity index (χ2v) is 5.59. The predicted molar refractivity (Wildman–Crippen MR) is 82.0 cm³/mol. The van der Waals surface area contributed by atoms with Gasteiger partial charge in [-0.2, -0.15) is 11.8 Å². The van der Waals surface area contributed by atoms with E-state index in [4.69, 9.17) is 10.5 Å². The van der Waals surface area contributed by atoms with Gasteiger partial charge < -0.3 is 15.8 Å². The standard InChI is InChI=1S/C14H22N2O2S/c1-4-18-13-8-11(7-12(15)9-13)14(17)16-6-5-10(2)19-3/h7-10H,4-6,15H2,1-3H3,(H,16,17). The molecule has 1 aromatic rings. The number of nitrogens with two attached hydrogens (primary N) is 1. The van der Waals surface area contributed by atoms with Gasteiger partial charge in [-0.25, -0.2) is 0 Å². The average molecular weight is 282 g/mol. The van der Waals surface area contributed by atoms with Crippen molar-refractivity contribution < 1.29 is 9.53 Å². The Labute approximate surface area is 119 Å². The summed E-state index contributed by atoms with van der Waals surface area (Å²) in [5, 5.41) is 3.44. The molecule has 0 aromatic heterocycles. The second-order valence-electron chi connectivity index (χ2n) is 4.31. The normalized spacial score (nSPS) is 11.9. The molecular weight excluding hydrogens is 260 g/mol. The van der Waals surface area contributed by atoms with Gasteiger partial charge >= 0.3 is 0 Å². The van der Waals surface area contributed by atoms with Crippen molar-refractivity contribution in [2.24, 2.45) is 0 Å². The molecule has 0 heterocycles. The Morgan fingerprint density at radius 3 is 2.84 bits per heavy atom. The number of hydrogen-bond acceptors (Lipinski definition) is 4. The molecule has 0 fully saturated rings. The van der Waals surface area contributed by atoms with Crippen molar-refractivity contribution in [3.63, 3.8) is 0 Å². The minimum absolute atomic E-state index is 0.110. The number of nitrogens with one attached hydrogen (secondary N) is 1. The van der Waals surface area contributed by atoms with Gasteiger partial charge in [-0.05, 0) is 31.7 Å². The molecule has 0 radical (unpaired) electrons. The quantitative estimate of drug-likeness (QED) is 0.754. The molecule has 0 saturated carbocycles. The Morgan fingerprint density at radius 1 is 1.47 bits per heavy atom. The third kappa shape index (κ3) is 5.42. The molecule has 1 aromatic carbocycles. The van der Waals surface area contributed by atoms with Crippen LogP contribution in [-0.2, 0) is 0 Å². The monoisotopic (exact) mass is 282 g/mol. The molecule has 5 heteroatoms. The zero-order valence-electron chi connectivity index (χ0n) is 11.7. The van der Waals surface area contributed by atoms with E-state index < -0.39 is 0 Å². The van der Waals surface area contributed by atoms with Crippen LogP contribution in [0.2, 0.25) is 0 Å². The fourth-order valence-electron chi connectivity index (χ4n) is 1.61. The van der Waals surface area contributed by atoms with E-state index in [2.05, 4.69) is 18.5 Å². The van der Waals surface area contributed by atoms with Crippen molar-refractivity contribution in [2.75, 3.05) is 25.1 Å². The van der Waals surface area contributed by atoms with E-state index >= 15 is 0 Å². The first-order valence-corrected chi connectivity index (χ1v) is 7.70. The molecule has 0 spiro atoms. The lowest BCUT2D eigenvalue weighted by Gasteiger charge is -2.11. The molecule has 1 amide bonds. The molecule has 0 aliphatic heterocycles. The summed E-state index contributed by atoms with van der Waals surface area (Å²) in [4.78, 5) is 12.0. The first kappa shape index (κ1) is 15.7. The molecule has 0 aliphatic rings. The Morgan fingerprint density at radius 2 is 2.21 bits per heavy atom. The SMILES string of the molecule is CCOc1cc(N)cc(C(=O)NCCC(C)SC)c1. The lowest BCUT2D eigenvalue weighted by molar-refractivity contribution is 0.0953. The van der Waals surface area contributed by atoms with E-state index in [0.717, 1.165) is 6.42 Å². The lowest BCUT2D eigenvalue weighted by atomic mass is 10.1. The van der Waals surface area contributed by atoms with Gasteiger partial charge in [0.15, 0.2) is 0 Å². The maximum absolute atomic E-state index is 12.0. The van der Waals surface area contributed by atoms with Gasteiger partial charge in [0.25, 0.3) is 5.91 Å². The van der Waals surface area contributed by atoms with Crippen molar-refractivity contribution in [3.8, 4) is 5.75 Å². The van der Waals surface area contributed by atoms with Gasteiger partial charge in [-0.1, -0.05) is 6.92 Å². The Kier molecular flexibility index (Phi) is 6.56. The second kappa shape index (κ2) is 7.94. The number of rotatable bonds is 7. The van der Waals surface area contributed by atoms with Crippen LogP contribution in [0.1, 0.15) is 30.6 Å². The molecule has 4 nitrogen and oxygen atoms in total. The molecule has 0 aliphatic carbocycles. The summed E-state index contributed by atoms with van der Waals surface area (Å²) >= 11 is 1.79. The third-order valence-corrected chi connectivity index (χ3v) is 3.78. The van der Waals surface area contributed by atoms with E-state index in [0.29, 0.717) is 35.4 Å². The van der Waals surface area contributed by atoms with Crippen LogP contribution in [0.4, 0.5) is 5.69 Å². The molecular formula is C14H22N2O2S. The third-order valence-electron chi connectivity index (χ3n) is 2.74. The van der Waals surface area contributed by atoms with Crippen molar-refractivity contribution in [3.05, 3.63) is 23.8 Å². The van der Waals surface area contributed by atoms with Crippen LogP contribution >= 0.6 is 11.8 Å². The average Bonchev–Trinajstić information content (AvgIpc) is 2.38. The van der Waals surface area contributed by atoms with Gasteiger partial charge in [0.2, 0.25) is 0 Å². The molecule has 1 unspecified atom stereocenters. The Balaban J connectivity index is 2.61. The van der Waals surface area contributed by atoms with Gasteiger partial charge in [0.05, 0.1) is 6.61 Å². The van der Waals surface area contributed by atoms with Crippen LogP contribution in [0.3, 0.4) is 0 Å². The van der Waals surface area contributed by atoms with Crippen LogP contribution in [0, 0.1) is 0 Å². The highest BCUT2D eigenvalue weighted by Crippen LogP contribution is 2.19. The van der Waals surface area contributed by atoms with Crippen LogP contribution in [0.25, 0.3) is 0 Å². The zero-order valence-corrected chi connectivity index (χ0v) is 12.5. The van der Waals surface area contributed by atoms with Crippen molar-refractivity contribution >= 4 is 23.4 Å². The van der Waals surface area contributed by atoms with E-state index in [1.54, 1.807) is 30.0 Å². The number of hydrogen-bond donors (Lipinski definition) is 2. The van der Waals surface area contributed by atoms with Crippen LogP contribution in [-0.4, -0.2) is 30.6 Å². The Bertz CT molecular complexity index is 424. The molecule has 1 rings (SSSR count). The van der Waals surface area contributed by atoms with Crippen LogP contribution < -0.4 is 15.8 Å². The van der Waals surface area contributed by atoms with E-state index in [9.17, 15) is 4.79 Å². The molecule has 106 valence electrons. The molecule has 19 heavy (non-hydrogen) atoms. The largest absolute Gasteiger partial charge is 0.494 e. The number of benzene rings is 1. The smallest absolute Gasteiger partial charge is 0.251 e. The summed E-state index contributed by atoms with van der Waals surface area (Å²) < 4.78 is 5.37. The molecule has 1 atom stereocenters. The fraction of sp³-hybridized carbons (Fsp3) is 0.500. The minimum atomic E-state index is -0.110. The summed E-state index contributed by atoms with van der Waals surface area (Å²) in [5.74, 6) is 0.520. The van der Waals surface area contributed by atoms with E-state index in [-0.39, 0.29) is 5.91 Å². The summed E-state index contributed by atoms with van der Waals surface area (Å²) in [7, 11) is 0. The summed E-state index contributed by atoms with van der Waals surface area (Å²) in [6, 6.07) is 5.10. The molecule has 0 saturated heterocycles. The minimum Gasteiger partial charge on any atom is -0.494 e. The highest BCUT2D eigenvalue weighted by Gasteiger charge is 2.09. The van der Waals surface area contributed by atoms with E-state index in [1.807, 2.05) is 6.92 Å². The number of amides is 1. The van der Waals surface area contributed by atoms with Gasteiger partial charge in [0, 0.05) is 29.1 Å². The zero-order chi connectivity index (χ0) is 14.3. The van der Waals surface area contributed by atoms with Crippen LogP contribution in [0.15, 0.2) is 18.2 Å². The molecule has 3 N–H and O–H groups in total. The topological polar surface area (TPSA) is 64.3 Å².